The number of urea groups is 1. The number of benzene rings is 1. The Balaban J connectivity index is 1.66. The molecule has 0 spiro atoms. The van der Waals surface area contributed by atoms with E-state index in [1.807, 2.05) is 0 Å². The number of pyridine rings is 1. The predicted molar refractivity (Wildman–Crippen MR) is 98.5 cm³/mol. The number of carbonyl (C=O) groups excluding carboxylic acids is 1. The van der Waals surface area contributed by atoms with Crippen molar-refractivity contribution in [3.63, 3.8) is 0 Å². The minimum atomic E-state index is -4.68. The molecule has 162 valence electrons. The first-order valence-corrected chi connectivity index (χ1v) is 9.04. The van der Waals surface area contributed by atoms with E-state index >= 15 is 0 Å². The maximum Gasteiger partial charge on any atom is 0.419 e. The normalized spacial score (nSPS) is 15.3. The minimum Gasteiger partial charge on any atom is -0.353 e. The Hall–Kier alpha value is -2.69. The maximum atomic E-state index is 13.2. The van der Waals surface area contributed by atoms with Crippen LogP contribution in [0, 0.1) is 0 Å². The number of nitrogens with one attached hydrogen (secondary N) is 1. The topological polar surface area (TPSA) is 48.5 Å². The summed E-state index contributed by atoms with van der Waals surface area (Å²) in [6.45, 7) is 0.308. The molecule has 0 unspecified atom stereocenters. The van der Waals surface area contributed by atoms with Gasteiger partial charge in [-0.15, -0.1) is 0 Å². The molecule has 0 radical (unpaired) electrons. The molecule has 0 atom stereocenters. The number of rotatable bonds is 2. The van der Waals surface area contributed by atoms with Crippen molar-refractivity contribution in [2.24, 2.45) is 0 Å². The Morgan fingerprint density at radius 2 is 1.60 bits per heavy atom. The van der Waals surface area contributed by atoms with E-state index in [1.165, 1.54) is 28.1 Å². The Kier molecular flexibility index (Phi) is 6.02. The van der Waals surface area contributed by atoms with E-state index in [4.69, 9.17) is 11.6 Å². The molecule has 12 heteroatoms. The number of amides is 2. The summed E-state index contributed by atoms with van der Waals surface area (Å²) in [7, 11) is 0. The van der Waals surface area contributed by atoms with Gasteiger partial charge >= 0.3 is 18.4 Å². The summed E-state index contributed by atoms with van der Waals surface area (Å²) >= 11 is 5.55. The number of hydrogen-bond acceptors (Lipinski definition) is 3. The maximum absolute atomic E-state index is 13.2. The first kappa shape index (κ1) is 22.0. The second kappa shape index (κ2) is 8.21. The standard InChI is InChI=1S/C18H15ClF6N4O/c19-14-4-3-11(10-13(14)18(23,24)25)27-16(30)29-8-6-28(7-9-29)15-12(17(20,21)22)2-1-5-26-15/h1-5,10H,6-9H2,(H,27,30). The largest absolute Gasteiger partial charge is 0.419 e. The van der Waals surface area contributed by atoms with Crippen LogP contribution in [0.2, 0.25) is 5.02 Å². The molecule has 0 aliphatic carbocycles. The summed E-state index contributed by atoms with van der Waals surface area (Å²) in [5.41, 5.74) is -2.05. The fourth-order valence-corrected chi connectivity index (χ4v) is 3.24. The van der Waals surface area contributed by atoms with Crippen molar-refractivity contribution >= 4 is 29.1 Å². The van der Waals surface area contributed by atoms with Gasteiger partial charge in [0.05, 0.1) is 16.1 Å². The SMILES string of the molecule is O=C(Nc1ccc(Cl)c(C(F)(F)F)c1)N1CCN(c2ncccc2C(F)(F)F)CC1. The predicted octanol–water partition coefficient (Wildman–Crippen LogP) is 5.13. The van der Waals surface area contributed by atoms with Crippen LogP contribution in [-0.4, -0.2) is 42.1 Å². The van der Waals surface area contributed by atoms with Gasteiger partial charge < -0.3 is 15.1 Å². The monoisotopic (exact) mass is 452 g/mol. The van der Waals surface area contributed by atoms with Crippen molar-refractivity contribution < 1.29 is 31.1 Å². The average molecular weight is 453 g/mol. The molecule has 2 amide bonds. The van der Waals surface area contributed by atoms with Crippen LogP contribution in [-0.2, 0) is 12.4 Å². The second-order valence-corrected chi connectivity index (χ2v) is 6.88. The van der Waals surface area contributed by atoms with E-state index in [9.17, 15) is 31.1 Å². The number of aromatic nitrogens is 1. The second-order valence-electron chi connectivity index (χ2n) is 6.47. The van der Waals surface area contributed by atoms with Crippen molar-refractivity contribution in [1.29, 1.82) is 0 Å². The molecule has 5 nitrogen and oxygen atoms in total. The summed E-state index contributed by atoms with van der Waals surface area (Å²) in [6.07, 6.45) is -7.99. The zero-order chi connectivity index (χ0) is 22.1. The highest BCUT2D eigenvalue weighted by atomic mass is 35.5. The van der Waals surface area contributed by atoms with E-state index in [0.717, 1.165) is 18.2 Å². The van der Waals surface area contributed by atoms with Gasteiger partial charge in [-0.2, -0.15) is 26.3 Å². The zero-order valence-corrected chi connectivity index (χ0v) is 15.9. The number of halogens is 7. The lowest BCUT2D eigenvalue weighted by Crippen LogP contribution is -2.50. The van der Waals surface area contributed by atoms with Crippen LogP contribution in [0.25, 0.3) is 0 Å². The fraction of sp³-hybridized carbons (Fsp3) is 0.333. The van der Waals surface area contributed by atoms with Gasteiger partial charge in [0.1, 0.15) is 5.82 Å². The van der Waals surface area contributed by atoms with Gasteiger partial charge in [-0.05, 0) is 30.3 Å². The smallest absolute Gasteiger partial charge is 0.353 e. The first-order chi connectivity index (χ1) is 14.0. The van der Waals surface area contributed by atoms with Crippen LogP contribution in [0.3, 0.4) is 0 Å². The molecule has 0 saturated carbocycles. The lowest BCUT2D eigenvalue weighted by molar-refractivity contribution is -0.138. The lowest BCUT2D eigenvalue weighted by Gasteiger charge is -2.36. The van der Waals surface area contributed by atoms with Gasteiger partial charge in [-0.25, -0.2) is 9.78 Å². The molecular weight excluding hydrogens is 438 g/mol. The first-order valence-electron chi connectivity index (χ1n) is 8.66. The highest BCUT2D eigenvalue weighted by Crippen LogP contribution is 2.37. The molecule has 0 bridgehead atoms. The molecule has 2 heterocycles. The van der Waals surface area contributed by atoms with Crippen LogP contribution < -0.4 is 10.2 Å². The van der Waals surface area contributed by atoms with E-state index < -0.39 is 34.5 Å². The lowest BCUT2D eigenvalue weighted by atomic mass is 10.2. The van der Waals surface area contributed by atoms with Crippen molar-refractivity contribution in [1.82, 2.24) is 9.88 Å². The molecule has 30 heavy (non-hydrogen) atoms. The van der Waals surface area contributed by atoms with Gasteiger partial charge in [0, 0.05) is 38.1 Å². The number of nitrogens with zero attached hydrogens (tertiary/aromatic N) is 3. The molecule has 2 aromatic rings. The molecule has 1 saturated heterocycles. The molecule has 1 aliphatic rings. The molecule has 1 fully saturated rings. The molecule has 3 rings (SSSR count). The molecule has 1 aliphatic heterocycles. The number of anilines is 2. The average Bonchev–Trinajstić information content (AvgIpc) is 2.68. The van der Waals surface area contributed by atoms with E-state index in [1.54, 1.807) is 0 Å². The third-order valence-electron chi connectivity index (χ3n) is 4.48. The number of hydrogen-bond donors (Lipinski definition) is 1. The van der Waals surface area contributed by atoms with Crippen molar-refractivity contribution in [2.45, 2.75) is 12.4 Å². The van der Waals surface area contributed by atoms with Crippen LogP contribution in [0.5, 0.6) is 0 Å². The van der Waals surface area contributed by atoms with E-state index in [-0.39, 0.29) is 37.7 Å². The Bertz CT molecular complexity index is 926. The number of piperazine rings is 1. The summed E-state index contributed by atoms with van der Waals surface area (Å²) in [5, 5.41) is 1.86. The number of alkyl halides is 6. The van der Waals surface area contributed by atoms with E-state index in [0.29, 0.717) is 0 Å². The van der Waals surface area contributed by atoms with Crippen LogP contribution in [0.1, 0.15) is 11.1 Å². The number of carbonyl (C=O) groups is 1. The summed E-state index contributed by atoms with van der Waals surface area (Å²) in [5.74, 6) is -0.224. The van der Waals surface area contributed by atoms with E-state index in [2.05, 4.69) is 10.3 Å². The highest BCUT2D eigenvalue weighted by Gasteiger charge is 2.37. The summed E-state index contributed by atoms with van der Waals surface area (Å²) < 4.78 is 78.3. The Morgan fingerprint density at radius 1 is 0.967 bits per heavy atom. The summed E-state index contributed by atoms with van der Waals surface area (Å²) in [6, 6.07) is 4.44. The Morgan fingerprint density at radius 3 is 2.20 bits per heavy atom. The minimum absolute atomic E-state index is 0.0689. The fourth-order valence-electron chi connectivity index (χ4n) is 3.01. The van der Waals surface area contributed by atoms with Gasteiger partial charge in [-0.3, -0.25) is 0 Å². The van der Waals surface area contributed by atoms with Gasteiger partial charge in [0.15, 0.2) is 0 Å². The van der Waals surface area contributed by atoms with Crippen LogP contribution in [0.4, 0.5) is 42.6 Å². The zero-order valence-electron chi connectivity index (χ0n) is 15.2. The van der Waals surface area contributed by atoms with Crippen LogP contribution in [0.15, 0.2) is 36.5 Å². The van der Waals surface area contributed by atoms with Crippen LogP contribution >= 0.6 is 11.6 Å². The molecular formula is C18H15ClF6N4O. The molecule has 1 aromatic heterocycles. The quantitative estimate of drug-likeness (QED) is 0.643. The van der Waals surface area contributed by atoms with Gasteiger partial charge in [0.25, 0.3) is 0 Å². The van der Waals surface area contributed by atoms with Crippen molar-refractivity contribution in [3.8, 4) is 0 Å². The highest BCUT2D eigenvalue weighted by molar-refractivity contribution is 6.31. The molecule has 1 N–H and O–H groups in total. The van der Waals surface area contributed by atoms with Gasteiger partial charge in [-0.1, -0.05) is 11.6 Å². The third kappa shape index (κ3) is 4.89. The van der Waals surface area contributed by atoms with Crippen molar-refractivity contribution in [2.75, 3.05) is 36.4 Å². The third-order valence-corrected chi connectivity index (χ3v) is 4.81. The Labute approximate surface area is 172 Å². The summed E-state index contributed by atoms with van der Waals surface area (Å²) in [4.78, 5) is 18.9. The van der Waals surface area contributed by atoms with Gasteiger partial charge in [0.2, 0.25) is 0 Å². The van der Waals surface area contributed by atoms with Crippen molar-refractivity contribution in [3.05, 3.63) is 52.7 Å². The molecule has 1 aromatic carbocycles.